The Bertz CT molecular complexity index is 972. The molecule has 0 saturated heterocycles. The fourth-order valence-corrected chi connectivity index (χ4v) is 3.67. The van der Waals surface area contributed by atoms with Crippen LogP contribution in [0.5, 0.6) is 11.5 Å². The number of carbonyl (C=O) groups is 1. The number of aromatic nitrogens is 3. The molecule has 8 heteroatoms. The van der Waals surface area contributed by atoms with Crippen LogP contribution in [0.3, 0.4) is 0 Å². The van der Waals surface area contributed by atoms with Crippen LogP contribution in [0.2, 0.25) is 0 Å². The topological polar surface area (TPSA) is 78.3 Å². The SMILES string of the molecule is COc1ccc(-c2nnc(SCC(=O)NC(C)c3ccccc3OC)n2C)cc1. The van der Waals surface area contributed by atoms with Gasteiger partial charge in [0.2, 0.25) is 5.91 Å². The van der Waals surface area contributed by atoms with Crippen molar-refractivity contribution in [2.75, 3.05) is 20.0 Å². The Kier molecular flexibility index (Phi) is 6.77. The molecule has 152 valence electrons. The van der Waals surface area contributed by atoms with Gasteiger partial charge in [-0.05, 0) is 37.3 Å². The molecule has 1 amide bonds. The highest BCUT2D eigenvalue weighted by Gasteiger charge is 2.16. The lowest BCUT2D eigenvalue weighted by atomic mass is 10.1. The number of para-hydroxylation sites is 1. The van der Waals surface area contributed by atoms with Crippen molar-refractivity contribution in [2.24, 2.45) is 7.05 Å². The van der Waals surface area contributed by atoms with Gasteiger partial charge in [0.1, 0.15) is 11.5 Å². The molecule has 1 unspecified atom stereocenters. The fourth-order valence-electron chi connectivity index (χ4n) is 2.95. The van der Waals surface area contributed by atoms with Crippen LogP contribution in [0.25, 0.3) is 11.4 Å². The van der Waals surface area contributed by atoms with E-state index in [0.717, 1.165) is 28.5 Å². The van der Waals surface area contributed by atoms with E-state index >= 15 is 0 Å². The van der Waals surface area contributed by atoms with E-state index in [1.54, 1.807) is 14.2 Å². The van der Waals surface area contributed by atoms with Gasteiger partial charge in [-0.2, -0.15) is 0 Å². The number of hydrogen-bond donors (Lipinski definition) is 1. The van der Waals surface area contributed by atoms with Crippen LogP contribution in [-0.2, 0) is 11.8 Å². The minimum absolute atomic E-state index is 0.0811. The van der Waals surface area contributed by atoms with Crippen molar-refractivity contribution in [3.05, 3.63) is 54.1 Å². The largest absolute Gasteiger partial charge is 0.497 e. The Balaban J connectivity index is 1.61. The molecule has 1 heterocycles. The van der Waals surface area contributed by atoms with E-state index in [4.69, 9.17) is 9.47 Å². The summed E-state index contributed by atoms with van der Waals surface area (Å²) in [6.07, 6.45) is 0. The molecule has 0 aliphatic rings. The van der Waals surface area contributed by atoms with Gasteiger partial charge >= 0.3 is 0 Å². The molecule has 1 atom stereocenters. The number of rotatable bonds is 8. The van der Waals surface area contributed by atoms with Gasteiger partial charge in [-0.25, -0.2) is 0 Å². The molecule has 2 aromatic carbocycles. The zero-order valence-electron chi connectivity index (χ0n) is 16.9. The summed E-state index contributed by atoms with van der Waals surface area (Å²) in [7, 11) is 5.14. The lowest BCUT2D eigenvalue weighted by molar-refractivity contribution is -0.119. The molecule has 1 N–H and O–H groups in total. The van der Waals surface area contributed by atoms with Crippen molar-refractivity contribution in [1.82, 2.24) is 20.1 Å². The molecule has 0 aliphatic heterocycles. The molecule has 7 nitrogen and oxygen atoms in total. The monoisotopic (exact) mass is 412 g/mol. The molecule has 0 spiro atoms. The molecular weight excluding hydrogens is 388 g/mol. The normalized spacial score (nSPS) is 11.7. The highest BCUT2D eigenvalue weighted by molar-refractivity contribution is 7.99. The van der Waals surface area contributed by atoms with Crippen LogP contribution in [0.1, 0.15) is 18.5 Å². The van der Waals surface area contributed by atoms with Gasteiger partial charge in [0.15, 0.2) is 11.0 Å². The predicted molar refractivity (Wildman–Crippen MR) is 113 cm³/mol. The Hall–Kier alpha value is -3.00. The van der Waals surface area contributed by atoms with E-state index in [9.17, 15) is 4.79 Å². The van der Waals surface area contributed by atoms with Crippen LogP contribution < -0.4 is 14.8 Å². The average Bonchev–Trinajstić information content (AvgIpc) is 3.12. The lowest BCUT2D eigenvalue weighted by Gasteiger charge is -2.17. The Morgan fingerprint density at radius 2 is 1.83 bits per heavy atom. The van der Waals surface area contributed by atoms with Crippen molar-refractivity contribution in [3.8, 4) is 22.9 Å². The number of thioether (sulfide) groups is 1. The molecule has 1 aromatic heterocycles. The van der Waals surface area contributed by atoms with Crippen LogP contribution in [0, 0.1) is 0 Å². The number of carbonyl (C=O) groups excluding carboxylic acids is 1. The van der Waals surface area contributed by atoms with Crippen LogP contribution >= 0.6 is 11.8 Å². The van der Waals surface area contributed by atoms with Gasteiger partial charge in [-0.1, -0.05) is 30.0 Å². The number of hydrogen-bond acceptors (Lipinski definition) is 6. The smallest absolute Gasteiger partial charge is 0.230 e. The van der Waals surface area contributed by atoms with Crippen LogP contribution in [0.4, 0.5) is 0 Å². The summed E-state index contributed by atoms with van der Waals surface area (Å²) in [5.41, 5.74) is 1.87. The van der Waals surface area contributed by atoms with Gasteiger partial charge in [-0.3, -0.25) is 4.79 Å². The maximum atomic E-state index is 12.4. The molecule has 0 bridgehead atoms. The zero-order valence-corrected chi connectivity index (χ0v) is 17.7. The number of benzene rings is 2. The highest BCUT2D eigenvalue weighted by atomic mass is 32.2. The summed E-state index contributed by atoms with van der Waals surface area (Å²) >= 11 is 1.35. The first-order chi connectivity index (χ1) is 14.0. The zero-order chi connectivity index (χ0) is 20.8. The Morgan fingerprint density at radius 3 is 2.52 bits per heavy atom. The third-order valence-electron chi connectivity index (χ3n) is 4.50. The lowest BCUT2D eigenvalue weighted by Crippen LogP contribution is -2.28. The number of nitrogens with zero attached hydrogens (tertiary/aromatic N) is 3. The maximum absolute atomic E-state index is 12.4. The van der Waals surface area contributed by atoms with Gasteiger partial charge in [-0.15, -0.1) is 10.2 Å². The van der Waals surface area contributed by atoms with Crippen molar-refractivity contribution in [3.63, 3.8) is 0 Å². The quantitative estimate of drug-likeness (QED) is 0.571. The van der Waals surface area contributed by atoms with Crippen molar-refractivity contribution >= 4 is 17.7 Å². The second-order valence-corrected chi connectivity index (χ2v) is 7.36. The predicted octanol–water partition coefficient (Wildman–Crippen LogP) is 3.47. The fraction of sp³-hybridized carbons (Fsp3) is 0.286. The van der Waals surface area contributed by atoms with Crippen molar-refractivity contribution in [1.29, 1.82) is 0 Å². The highest BCUT2D eigenvalue weighted by Crippen LogP contribution is 2.26. The van der Waals surface area contributed by atoms with E-state index in [0.29, 0.717) is 5.16 Å². The van der Waals surface area contributed by atoms with E-state index in [-0.39, 0.29) is 17.7 Å². The molecule has 3 rings (SSSR count). The molecule has 29 heavy (non-hydrogen) atoms. The number of ether oxygens (including phenoxy) is 2. The minimum Gasteiger partial charge on any atom is -0.497 e. The summed E-state index contributed by atoms with van der Waals surface area (Å²) in [6.45, 7) is 1.94. The van der Waals surface area contributed by atoms with Crippen molar-refractivity contribution in [2.45, 2.75) is 18.1 Å². The van der Waals surface area contributed by atoms with Gasteiger partial charge in [0.25, 0.3) is 0 Å². The first-order valence-electron chi connectivity index (χ1n) is 9.12. The summed E-state index contributed by atoms with van der Waals surface area (Å²) in [5, 5.41) is 12.1. The molecular formula is C21H24N4O3S. The molecule has 0 aliphatic carbocycles. The number of methoxy groups -OCH3 is 2. The number of amides is 1. The van der Waals surface area contributed by atoms with E-state index < -0.39 is 0 Å². The standard InChI is InChI=1S/C21H24N4O3S/c1-14(17-7-5-6-8-18(17)28-4)22-19(26)13-29-21-24-23-20(25(21)2)15-9-11-16(27-3)12-10-15/h5-12,14H,13H2,1-4H3,(H,22,26). The maximum Gasteiger partial charge on any atom is 0.230 e. The summed E-state index contributed by atoms with van der Waals surface area (Å²) in [4.78, 5) is 12.4. The average molecular weight is 413 g/mol. The summed E-state index contributed by atoms with van der Waals surface area (Å²) in [6, 6.07) is 15.1. The minimum atomic E-state index is -0.159. The third-order valence-corrected chi connectivity index (χ3v) is 5.52. The van der Waals surface area contributed by atoms with Gasteiger partial charge in [0, 0.05) is 18.2 Å². The van der Waals surface area contributed by atoms with Gasteiger partial charge < -0.3 is 19.4 Å². The summed E-state index contributed by atoms with van der Waals surface area (Å²) < 4.78 is 12.4. The van der Waals surface area contributed by atoms with E-state index in [1.807, 2.05) is 67.1 Å². The molecule has 0 radical (unpaired) electrons. The summed E-state index contributed by atoms with van der Waals surface area (Å²) in [5.74, 6) is 2.44. The first kappa shape index (κ1) is 20.7. The second-order valence-electron chi connectivity index (χ2n) is 6.41. The molecule has 0 saturated carbocycles. The van der Waals surface area contributed by atoms with Crippen molar-refractivity contribution < 1.29 is 14.3 Å². The Morgan fingerprint density at radius 1 is 1.10 bits per heavy atom. The molecule has 3 aromatic rings. The first-order valence-corrected chi connectivity index (χ1v) is 10.1. The Labute approximate surface area is 174 Å². The van der Waals surface area contributed by atoms with Crippen LogP contribution in [-0.4, -0.2) is 40.6 Å². The van der Waals surface area contributed by atoms with E-state index in [2.05, 4.69) is 15.5 Å². The molecule has 0 fully saturated rings. The van der Waals surface area contributed by atoms with E-state index in [1.165, 1.54) is 11.8 Å². The van der Waals surface area contributed by atoms with Gasteiger partial charge in [0.05, 0.1) is 26.0 Å². The second kappa shape index (κ2) is 9.47. The van der Waals surface area contributed by atoms with Crippen LogP contribution in [0.15, 0.2) is 53.7 Å². The third kappa shape index (κ3) is 4.89. The number of nitrogens with one attached hydrogen (secondary N) is 1.